The van der Waals surface area contributed by atoms with Crippen LogP contribution >= 0.6 is 0 Å². The fourth-order valence-electron chi connectivity index (χ4n) is 4.71. The lowest BCUT2D eigenvalue weighted by Crippen LogP contribution is -2.40. The van der Waals surface area contributed by atoms with Crippen LogP contribution in [0.1, 0.15) is 48.6 Å². The van der Waals surface area contributed by atoms with Gasteiger partial charge in [-0.15, -0.1) is 10.2 Å². The highest BCUT2D eigenvalue weighted by molar-refractivity contribution is 5.79. The molecule has 2 aliphatic heterocycles. The van der Waals surface area contributed by atoms with Gasteiger partial charge in [0.05, 0.1) is 11.6 Å². The van der Waals surface area contributed by atoms with E-state index in [1.807, 2.05) is 16.4 Å². The molecule has 0 aliphatic carbocycles. The number of hydrogen-bond acceptors (Lipinski definition) is 5. The molecule has 1 fully saturated rings. The number of amides is 1. The fraction of sp³-hybridized carbons (Fsp3) is 0.609. The smallest absolute Gasteiger partial charge is 0.346 e. The average Bonchev–Trinajstić information content (AvgIpc) is 3.08. The molecule has 3 heterocycles. The molecule has 0 saturated carbocycles. The molecule has 1 aromatic heterocycles. The Morgan fingerprint density at radius 3 is 2.58 bits per heavy atom. The fourth-order valence-corrected chi connectivity index (χ4v) is 4.71. The SMILES string of the molecule is C[C@@H](NC(=O)C1CCN(C)CC1)c1nnc2n1CCN(Cc1ccccc1C(F)(F)F)CC2. The molecule has 33 heavy (non-hydrogen) atoms. The van der Waals surface area contributed by atoms with Crippen molar-refractivity contribution in [2.24, 2.45) is 5.92 Å². The van der Waals surface area contributed by atoms with E-state index in [-0.39, 0.29) is 30.0 Å². The molecule has 1 N–H and O–H groups in total. The van der Waals surface area contributed by atoms with Crippen molar-refractivity contribution in [2.75, 3.05) is 33.2 Å². The van der Waals surface area contributed by atoms with Gasteiger partial charge >= 0.3 is 6.18 Å². The van der Waals surface area contributed by atoms with Crippen LogP contribution in [0.4, 0.5) is 13.2 Å². The van der Waals surface area contributed by atoms with Gasteiger partial charge in [-0.2, -0.15) is 13.2 Å². The van der Waals surface area contributed by atoms with E-state index in [9.17, 15) is 18.0 Å². The van der Waals surface area contributed by atoms with E-state index in [0.29, 0.717) is 31.9 Å². The summed E-state index contributed by atoms with van der Waals surface area (Å²) in [7, 11) is 2.06. The number of nitrogens with one attached hydrogen (secondary N) is 1. The lowest BCUT2D eigenvalue weighted by atomic mass is 9.96. The minimum Gasteiger partial charge on any atom is -0.346 e. The molecule has 1 aromatic carbocycles. The van der Waals surface area contributed by atoms with Crippen molar-refractivity contribution in [1.29, 1.82) is 0 Å². The second kappa shape index (κ2) is 9.80. The van der Waals surface area contributed by atoms with E-state index in [4.69, 9.17) is 0 Å². The standard InChI is InChI=1S/C23H31F3N6O/c1-16(27-22(33)17-7-10-30(2)11-8-17)21-29-28-20-9-12-31(13-14-32(20)21)15-18-5-3-4-6-19(18)23(24,25)26/h3-6,16-17H,7-15H2,1-2H3,(H,27,33)/t16-/m1/s1. The van der Waals surface area contributed by atoms with E-state index in [1.165, 1.54) is 6.07 Å². The summed E-state index contributed by atoms with van der Waals surface area (Å²) in [4.78, 5) is 17.0. The van der Waals surface area contributed by atoms with Crippen molar-refractivity contribution in [2.45, 2.75) is 51.5 Å². The van der Waals surface area contributed by atoms with Gasteiger partial charge in [-0.05, 0) is 51.5 Å². The van der Waals surface area contributed by atoms with Crippen molar-refractivity contribution in [3.05, 3.63) is 47.0 Å². The quantitative estimate of drug-likeness (QED) is 0.737. The van der Waals surface area contributed by atoms with Crippen LogP contribution < -0.4 is 5.32 Å². The number of aromatic nitrogens is 3. The topological polar surface area (TPSA) is 66.3 Å². The first-order valence-corrected chi connectivity index (χ1v) is 11.5. The number of piperidine rings is 1. The second-order valence-corrected chi connectivity index (χ2v) is 9.11. The number of carbonyl (C=O) groups is 1. The number of nitrogens with zero attached hydrogens (tertiary/aromatic N) is 5. The first-order valence-electron chi connectivity index (χ1n) is 11.5. The Balaban J connectivity index is 1.39. The Morgan fingerprint density at radius 1 is 1.12 bits per heavy atom. The lowest BCUT2D eigenvalue weighted by Gasteiger charge is -2.29. The van der Waals surface area contributed by atoms with Crippen molar-refractivity contribution in [1.82, 2.24) is 29.9 Å². The molecule has 0 radical (unpaired) electrons. The zero-order valence-corrected chi connectivity index (χ0v) is 19.1. The van der Waals surface area contributed by atoms with E-state index in [2.05, 4.69) is 27.5 Å². The highest BCUT2D eigenvalue weighted by Crippen LogP contribution is 2.32. The number of benzene rings is 1. The van der Waals surface area contributed by atoms with Gasteiger partial charge in [0, 0.05) is 38.5 Å². The van der Waals surface area contributed by atoms with Crippen molar-refractivity contribution >= 4 is 5.91 Å². The van der Waals surface area contributed by atoms with Crippen molar-refractivity contribution in [3.8, 4) is 0 Å². The van der Waals surface area contributed by atoms with E-state index in [0.717, 1.165) is 37.8 Å². The van der Waals surface area contributed by atoms with Gasteiger partial charge in [0.2, 0.25) is 5.91 Å². The molecule has 1 saturated heterocycles. The molecule has 7 nitrogen and oxygen atoms in total. The Morgan fingerprint density at radius 2 is 1.85 bits per heavy atom. The number of fused-ring (bicyclic) bond motifs is 1. The predicted molar refractivity (Wildman–Crippen MR) is 117 cm³/mol. The monoisotopic (exact) mass is 464 g/mol. The first kappa shape index (κ1) is 23.7. The Kier molecular flexibility index (Phi) is 7.04. The summed E-state index contributed by atoms with van der Waals surface area (Å²) < 4.78 is 42.1. The summed E-state index contributed by atoms with van der Waals surface area (Å²) in [6.07, 6.45) is -2.08. The highest BCUT2D eigenvalue weighted by atomic mass is 19.4. The lowest BCUT2D eigenvalue weighted by molar-refractivity contribution is -0.138. The second-order valence-electron chi connectivity index (χ2n) is 9.11. The third kappa shape index (κ3) is 5.55. The molecule has 0 unspecified atom stereocenters. The minimum atomic E-state index is -4.37. The molecular weight excluding hydrogens is 433 g/mol. The molecule has 180 valence electrons. The normalized spacial score (nSPS) is 19.7. The summed E-state index contributed by atoms with van der Waals surface area (Å²) in [5.41, 5.74) is -0.304. The van der Waals surface area contributed by atoms with Crippen LogP contribution in [-0.4, -0.2) is 63.7 Å². The van der Waals surface area contributed by atoms with Crippen LogP contribution in [0, 0.1) is 5.92 Å². The summed E-state index contributed by atoms with van der Waals surface area (Å²) in [5.74, 6) is 1.56. The molecule has 1 amide bonds. The number of alkyl halides is 3. The number of likely N-dealkylation sites (tertiary alicyclic amines) is 1. The largest absolute Gasteiger partial charge is 0.416 e. The number of hydrogen-bond donors (Lipinski definition) is 1. The van der Waals surface area contributed by atoms with Crippen LogP contribution in [0.3, 0.4) is 0 Å². The van der Waals surface area contributed by atoms with E-state index < -0.39 is 11.7 Å². The average molecular weight is 465 g/mol. The van der Waals surface area contributed by atoms with Gasteiger partial charge in [0.15, 0.2) is 5.82 Å². The van der Waals surface area contributed by atoms with Gasteiger partial charge < -0.3 is 14.8 Å². The number of halogens is 3. The summed E-state index contributed by atoms with van der Waals surface area (Å²) >= 11 is 0. The van der Waals surface area contributed by atoms with Crippen LogP contribution in [0.15, 0.2) is 24.3 Å². The predicted octanol–water partition coefficient (Wildman–Crippen LogP) is 2.87. The van der Waals surface area contributed by atoms with Crippen LogP contribution in [0.5, 0.6) is 0 Å². The van der Waals surface area contributed by atoms with Crippen LogP contribution in [0.25, 0.3) is 0 Å². The van der Waals surface area contributed by atoms with E-state index in [1.54, 1.807) is 12.1 Å². The number of carbonyl (C=O) groups excluding carboxylic acids is 1. The van der Waals surface area contributed by atoms with Gasteiger partial charge in [-0.1, -0.05) is 18.2 Å². The van der Waals surface area contributed by atoms with Crippen LogP contribution in [0.2, 0.25) is 0 Å². The Hall–Kier alpha value is -2.46. The van der Waals surface area contributed by atoms with Gasteiger partial charge in [0.25, 0.3) is 0 Å². The van der Waals surface area contributed by atoms with Gasteiger partial charge in [-0.25, -0.2) is 0 Å². The van der Waals surface area contributed by atoms with E-state index >= 15 is 0 Å². The zero-order valence-electron chi connectivity index (χ0n) is 19.1. The summed E-state index contributed by atoms with van der Waals surface area (Å²) in [6.45, 7) is 5.72. The molecule has 0 spiro atoms. The number of rotatable bonds is 5. The molecule has 4 rings (SSSR count). The molecule has 0 bridgehead atoms. The first-order chi connectivity index (χ1) is 15.7. The Bertz CT molecular complexity index is 967. The summed E-state index contributed by atoms with van der Waals surface area (Å²) in [6, 6.07) is 5.46. The zero-order chi connectivity index (χ0) is 23.6. The molecule has 2 aromatic rings. The minimum absolute atomic E-state index is 0.0133. The third-order valence-electron chi connectivity index (χ3n) is 6.70. The maximum atomic E-state index is 13.4. The summed E-state index contributed by atoms with van der Waals surface area (Å²) in [5, 5.41) is 11.7. The maximum Gasteiger partial charge on any atom is 0.416 e. The third-order valence-corrected chi connectivity index (χ3v) is 6.70. The molecular formula is C23H31F3N6O. The Labute approximate surface area is 192 Å². The molecule has 2 aliphatic rings. The van der Waals surface area contributed by atoms with Crippen molar-refractivity contribution < 1.29 is 18.0 Å². The molecule has 10 heteroatoms. The molecule has 1 atom stereocenters. The highest BCUT2D eigenvalue weighted by Gasteiger charge is 2.33. The van der Waals surface area contributed by atoms with Crippen LogP contribution in [-0.2, 0) is 30.5 Å². The van der Waals surface area contributed by atoms with Gasteiger partial charge in [0.1, 0.15) is 5.82 Å². The van der Waals surface area contributed by atoms with Crippen molar-refractivity contribution in [3.63, 3.8) is 0 Å². The van der Waals surface area contributed by atoms with Gasteiger partial charge in [-0.3, -0.25) is 9.69 Å². The maximum absolute atomic E-state index is 13.4.